The van der Waals surface area contributed by atoms with Crippen LogP contribution >= 0.6 is 0 Å². The number of hydrogen-bond acceptors (Lipinski definition) is 3. The number of nitrogens with one attached hydrogen (secondary N) is 2. The quantitative estimate of drug-likeness (QED) is 0.598. The summed E-state index contributed by atoms with van der Waals surface area (Å²) in [5, 5.41) is 5.54. The van der Waals surface area contributed by atoms with Gasteiger partial charge in [0.15, 0.2) is 0 Å². The summed E-state index contributed by atoms with van der Waals surface area (Å²) in [7, 11) is 0. The molecule has 0 aliphatic heterocycles. The second-order valence-electron chi connectivity index (χ2n) is 5.52. The van der Waals surface area contributed by atoms with Crippen molar-refractivity contribution in [3.05, 3.63) is 41.7 Å². The number of nitrogens with zero attached hydrogens (tertiary/aromatic N) is 1. The summed E-state index contributed by atoms with van der Waals surface area (Å²) < 4.78 is 0. The van der Waals surface area contributed by atoms with Crippen LogP contribution in [0, 0.1) is 0 Å². The topological polar surface area (TPSA) is 71.1 Å². The summed E-state index contributed by atoms with van der Waals surface area (Å²) in [6, 6.07) is 3.66. The van der Waals surface area contributed by atoms with Gasteiger partial charge in [0.05, 0.1) is 0 Å². The molecule has 118 valence electrons. The minimum absolute atomic E-state index is 0.121. The van der Waals surface area contributed by atoms with Gasteiger partial charge in [0.25, 0.3) is 0 Å². The SMILES string of the molecule is O=C(CC(=O)NCc1ccncc1)NCCC1=CCCCC1. The van der Waals surface area contributed by atoms with Crippen LogP contribution in [0.2, 0.25) is 0 Å². The summed E-state index contributed by atoms with van der Waals surface area (Å²) in [6.45, 7) is 1.03. The molecule has 1 heterocycles. The van der Waals surface area contributed by atoms with Crippen LogP contribution in [-0.2, 0) is 16.1 Å². The molecule has 1 aliphatic carbocycles. The third-order valence-corrected chi connectivity index (χ3v) is 3.71. The van der Waals surface area contributed by atoms with E-state index in [9.17, 15) is 9.59 Å². The Morgan fingerprint density at radius 3 is 2.59 bits per heavy atom. The second-order valence-corrected chi connectivity index (χ2v) is 5.52. The van der Waals surface area contributed by atoms with E-state index in [0.29, 0.717) is 13.1 Å². The average molecular weight is 301 g/mol. The first-order chi connectivity index (χ1) is 10.7. The van der Waals surface area contributed by atoms with Gasteiger partial charge in [-0.15, -0.1) is 0 Å². The Kier molecular flexibility index (Phi) is 6.61. The van der Waals surface area contributed by atoms with Gasteiger partial charge in [-0.3, -0.25) is 14.6 Å². The largest absolute Gasteiger partial charge is 0.355 e. The fraction of sp³-hybridized carbons (Fsp3) is 0.471. The molecule has 22 heavy (non-hydrogen) atoms. The van der Waals surface area contributed by atoms with Crippen molar-refractivity contribution in [3.8, 4) is 0 Å². The summed E-state index contributed by atoms with van der Waals surface area (Å²) >= 11 is 0. The van der Waals surface area contributed by atoms with E-state index in [1.165, 1.54) is 18.4 Å². The van der Waals surface area contributed by atoms with E-state index in [4.69, 9.17) is 0 Å². The maximum absolute atomic E-state index is 11.7. The highest BCUT2D eigenvalue weighted by molar-refractivity contribution is 5.96. The van der Waals surface area contributed by atoms with Crippen molar-refractivity contribution in [2.24, 2.45) is 0 Å². The summed E-state index contributed by atoms with van der Waals surface area (Å²) in [5.74, 6) is -0.477. The molecule has 1 aliphatic rings. The molecule has 0 bridgehead atoms. The molecule has 5 nitrogen and oxygen atoms in total. The van der Waals surface area contributed by atoms with Crippen LogP contribution in [0.3, 0.4) is 0 Å². The number of hydrogen-bond donors (Lipinski definition) is 2. The van der Waals surface area contributed by atoms with Gasteiger partial charge >= 0.3 is 0 Å². The fourth-order valence-corrected chi connectivity index (χ4v) is 2.47. The standard InChI is InChI=1S/C17H23N3O2/c21-16(19-11-8-14-4-2-1-3-5-14)12-17(22)20-13-15-6-9-18-10-7-15/h4,6-7,9-10H,1-3,5,8,11-13H2,(H,19,21)(H,20,22). The van der Waals surface area contributed by atoms with Crippen molar-refractivity contribution in [3.63, 3.8) is 0 Å². The van der Waals surface area contributed by atoms with Crippen molar-refractivity contribution in [2.75, 3.05) is 6.54 Å². The molecule has 0 fully saturated rings. The zero-order valence-electron chi connectivity index (χ0n) is 12.8. The Bertz CT molecular complexity index is 526. The van der Waals surface area contributed by atoms with Crippen LogP contribution in [-0.4, -0.2) is 23.3 Å². The Morgan fingerprint density at radius 2 is 1.86 bits per heavy atom. The Labute approximate surface area is 131 Å². The van der Waals surface area contributed by atoms with E-state index < -0.39 is 0 Å². The lowest BCUT2D eigenvalue weighted by Gasteiger charge is -2.13. The van der Waals surface area contributed by atoms with Gasteiger partial charge in [-0.05, 0) is 49.8 Å². The molecule has 0 radical (unpaired) electrons. The van der Waals surface area contributed by atoms with E-state index in [1.807, 2.05) is 12.1 Å². The molecule has 2 rings (SSSR count). The number of rotatable bonds is 7. The summed E-state index contributed by atoms with van der Waals surface area (Å²) in [4.78, 5) is 27.3. The first-order valence-electron chi connectivity index (χ1n) is 7.84. The molecule has 2 amide bonds. The van der Waals surface area contributed by atoms with Gasteiger partial charge in [0.1, 0.15) is 6.42 Å². The average Bonchev–Trinajstić information content (AvgIpc) is 2.55. The lowest BCUT2D eigenvalue weighted by Crippen LogP contribution is -2.32. The van der Waals surface area contributed by atoms with E-state index >= 15 is 0 Å². The summed E-state index contributed by atoms with van der Waals surface area (Å²) in [5.41, 5.74) is 2.39. The molecule has 0 atom stereocenters. The van der Waals surface area contributed by atoms with Crippen molar-refractivity contribution >= 4 is 11.8 Å². The van der Waals surface area contributed by atoms with Gasteiger partial charge < -0.3 is 10.6 Å². The van der Waals surface area contributed by atoms with E-state index in [0.717, 1.165) is 24.8 Å². The predicted octanol–water partition coefficient (Wildman–Crippen LogP) is 2.09. The minimum Gasteiger partial charge on any atom is -0.355 e. The van der Waals surface area contributed by atoms with Gasteiger partial charge in [0.2, 0.25) is 11.8 Å². The molecule has 0 spiro atoms. The molecular formula is C17H23N3O2. The van der Waals surface area contributed by atoms with Crippen molar-refractivity contribution in [2.45, 2.75) is 45.1 Å². The maximum Gasteiger partial charge on any atom is 0.229 e. The van der Waals surface area contributed by atoms with E-state index in [-0.39, 0.29) is 18.2 Å². The van der Waals surface area contributed by atoms with Crippen molar-refractivity contribution < 1.29 is 9.59 Å². The van der Waals surface area contributed by atoms with E-state index in [2.05, 4.69) is 21.7 Å². The van der Waals surface area contributed by atoms with Crippen molar-refractivity contribution in [1.82, 2.24) is 15.6 Å². The zero-order chi connectivity index (χ0) is 15.6. The second kappa shape index (κ2) is 8.97. The molecule has 1 aromatic heterocycles. The van der Waals surface area contributed by atoms with Crippen molar-refractivity contribution in [1.29, 1.82) is 0 Å². The summed E-state index contributed by atoms with van der Waals surface area (Å²) in [6.07, 6.45) is 11.2. The van der Waals surface area contributed by atoms with Crippen LogP contribution in [0.25, 0.3) is 0 Å². The van der Waals surface area contributed by atoms with Crippen LogP contribution in [0.4, 0.5) is 0 Å². The third kappa shape index (κ3) is 6.08. The number of carbonyl (C=O) groups excluding carboxylic acids is 2. The molecule has 1 aromatic rings. The lowest BCUT2D eigenvalue weighted by molar-refractivity contribution is -0.129. The zero-order valence-corrected chi connectivity index (χ0v) is 12.8. The monoisotopic (exact) mass is 301 g/mol. The smallest absolute Gasteiger partial charge is 0.229 e. The normalized spacial score (nSPS) is 14.1. The third-order valence-electron chi connectivity index (χ3n) is 3.71. The molecule has 0 aromatic carbocycles. The minimum atomic E-state index is -0.258. The predicted molar refractivity (Wildman–Crippen MR) is 84.9 cm³/mol. The number of amides is 2. The highest BCUT2D eigenvalue weighted by atomic mass is 16.2. The number of carbonyl (C=O) groups is 2. The van der Waals surface area contributed by atoms with Gasteiger partial charge in [-0.2, -0.15) is 0 Å². The van der Waals surface area contributed by atoms with Gasteiger partial charge in [-0.1, -0.05) is 11.6 Å². The molecule has 5 heteroatoms. The van der Waals surface area contributed by atoms with Gasteiger partial charge in [-0.25, -0.2) is 0 Å². The first kappa shape index (κ1) is 16.2. The molecule has 0 unspecified atom stereocenters. The number of aromatic nitrogens is 1. The lowest BCUT2D eigenvalue weighted by atomic mass is 9.97. The first-order valence-corrected chi connectivity index (χ1v) is 7.84. The highest BCUT2D eigenvalue weighted by Crippen LogP contribution is 2.19. The Hall–Kier alpha value is -2.17. The van der Waals surface area contributed by atoms with Crippen LogP contribution in [0.5, 0.6) is 0 Å². The maximum atomic E-state index is 11.7. The molecule has 0 saturated heterocycles. The molecular weight excluding hydrogens is 278 g/mol. The highest BCUT2D eigenvalue weighted by Gasteiger charge is 2.09. The fourth-order valence-electron chi connectivity index (χ4n) is 2.47. The van der Waals surface area contributed by atoms with Crippen LogP contribution in [0.15, 0.2) is 36.2 Å². The molecule has 0 saturated carbocycles. The van der Waals surface area contributed by atoms with Crippen LogP contribution in [0.1, 0.15) is 44.1 Å². The van der Waals surface area contributed by atoms with E-state index in [1.54, 1.807) is 12.4 Å². The molecule has 2 N–H and O–H groups in total. The van der Waals surface area contributed by atoms with Gasteiger partial charge in [0, 0.05) is 25.5 Å². The van der Waals surface area contributed by atoms with Crippen LogP contribution < -0.4 is 10.6 Å². The Balaban J connectivity index is 1.59. The number of pyridine rings is 1. The Morgan fingerprint density at radius 1 is 1.09 bits per heavy atom. The number of allylic oxidation sites excluding steroid dienone is 1.